The fourth-order valence-corrected chi connectivity index (χ4v) is 2.40. The van der Waals surface area contributed by atoms with Gasteiger partial charge in [-0.25, -0.2) is 0 Å². The van der Waals surface area contributed by atoms with Crippen LogP contribution in [0.1, 0.15) is 31.1 Å². The highest BCUT2D eigenvalue weighted by atomic mass is 32.2. The number of aliphatic imine (C=N–C) groups is 1. The molecule has 1 rings (SSSR count). The van der Waals surface area contributed by atoms with Gasteiger partial charge in [0.25, 0.3) is 5.91 Å². The number of hydrogen-bond donors (Lipinski definition) is 0. The zero-order valence-corrected chi connectivity index (χ0v) is 12.0. The Bertz CT molecular complexity index is 400. The quantitative estimate of drug-likeness (QED) is 0.618. The summed E-state index contributed by atoms with van der Waals surface area (Å²) in [6.45, 7) is 7.94. The Morgan fingerprint density at radius 1 is 1.17 bits per heavy atom. The molecule has 3 nitrogen and oxygen atoms in total. The van der Waals surface area contributed by atoms with Crippen LogP contribution >= 0.6 is 11.8 Å². The molecule has 0 atom stereocenters. The third-order valence-electron chi connectivity index (χ3n) is 2.53. The fourth-order valence-electron chi connectivity index (χ4n) is 1.55. The summed E-state index contributed by atoms with van der Waals surface area (Å²) in [4.78, 5) is 18.4. The largest absolute Gasteiger partial charge is 0.352 e. The van der Waals surface area contributed by atoms with E-state index in [1.165, 1.54) is 0 Å². The lowest BCUT2D eigenvalue weighted by Gasteiger charge is -2.21. The van der Waals surface area contributed by atoms with Crippen molar-refractivity contribution in [2.45, 2.75) is 20.8 Å². The Morgan fingerprint density at radius 3 is 2.28 bits per heavy atom. The molecular weight excluding hydrogens is 244 g/mol. The zero-order chi connectivity index (χ0) is 13.4. The summed E-state index contributed by atoms with van der Waals surface area (Å²) in [6, 6.07) is 9.19. The number of amidine groups is 1. The van der Waals surface area contributed by atoms with Crippen molar-refractivity contribution in [1.82, 2.24) is 4.90 Å². The van der Waals surface area contributed by atoms with Gasteiger partial charge in [-0.1, -0.05) is 36.9 Å². The van der Waals surface area contributed by atoms with E-state index in [0.29, 0.717) is 5.56 Å². The van der Waals surface area contributed by atoms with Crippen LogP contribution in [-0.4, -0.2) is 34.8 Å². The molecule has 0 fully saturated rings. The van der Waals surface area contributed by atoms with Crippen LogP contribution in [-0.2, 0) is 0 Å². The first kappa shape index (κ1) is 14.8. The van der Waals surface area contributed by atoms with Gasteiger partial charge in [0.1, 0.15) is 0 Å². The van der Waals surface area contributed by atoms with Gasteiger partial charge in [-0.2, -0.15) is 4.99 Å². The van der Waals surface area contributed by atoms with Crippen molar-refractivity contribution in [1.29, 1.82) is 0 Å². The second-order valence-electron chi connectivity index (χ2n) is 3.67. The Morgan fingerprint density at radius 2 is 1.78 bits per heavy atom. The van der Waals surface area contributed by atoms with E-state index in [1.807, 2.05) is 18.2 Å². The number of benzene rings is 1. The highest BCUT2D eigenvalue weighted by Crippen LogP contribution is 2.11. The summed E-state index contributed by atoms with van der Waals surface area (Å²) in [5.41, 5.74) is 0.638. The lowest BCUT2D eigenvalue weighted by Crippen LogP contribution is -2.29. The number of amides is 1. The molecular formula is C14H20N2OS. The molecule has 98 valence electrons. The fraction of sp³-hybridized carbons (Fsp3) is 0.429. The maximum atomic E-state index is 12.0. The van der Waals surface area contributed by atoms with E-state index < -0.39 is 0 Å². The Kier molecular flexibility index (Phi) is 6.50. The molecule has 0 saturated carbocycles. The van der Waals surface area contributed by atoms with Gasteiger partial charge in [-0.05, 0) is 31.7 Å². The van der Waals surface area contributed by atoms with Crippen molar-refractivity contribution in [2.75, 3.05) is 18.8 Å². The molecule has 1 aromatic rings. The summed E-state index contributed by atoms with van der Waals surface area (Å²) in [6.07, 6.45) is 0. The van der Waals surface area contributed by atoms with Crippen molar-refractivity contribution in [2.24, 2.45) is 4.99 Å². The van der Waals surface area contributed by atoms with E-state index in [0.717, 1.165) is 24.0 Å². The van der Waals surface area contributed by atoms with Crippen LogP contribution in [0.15, 0.2) is 35.3 Å². The third kappa shape index (κ3) is 4.18. The lowest BCUT2D eigenvalue weighted by atomic mass is 10.2. The van der Waals surface area contributed by atoms with Crippen LogP contribution in [0.25, 0.3) is 0 Å². The van der Waals surface area contributed by atoms with Gasteiger partial charge >= 0.3 is 0 Å². The van der Waals surface area contributed by atoms with E-state index in [2.05, 4.69) is 30.7 Å². The molecule has 0 heterocycles. The van der Waals surface area contributed by atoms with Gasteiger partial charge < -0.3 is 4.90 Å². The second-order valence-corrected chi connectivity index (χ2v) is 4.90. The molecule has 1 amide bonds. The van der Waals surface area contributed by atoms with E-state index >= 15 is 0 Å². The number of nitrogens with zero attached hydrogens (tertiary/aromatic N) is 2. The van der Waals surface area contributed by atoms with Gasteiger partial charge in [-0.3, -0.25) is 4.79 Å². The van der Waals surface area contributed by atoms with Gasteiger partial charge in [0, 0.05) is 18.7 Å². The third-order valence-corrected chi connectivity index (χ3v) is 3.42. The van der Waals surface area contributed by atoms with E-state index in [-0.39, 0.29) is 5.91 Å². The molecule has 0 bridgehead atoms. The SMILES string of the molecule is CCSC(=NC(=O)c1ccccc1)N(CC)CC. The average Bonchev–Trinajstić information content (AvgIpc) is 2.41. The molecule has 0 aliphatic carbocycles. The minimum Gasteiger partial charge on any atom is -0.352 e. The Hall–Kier alpha value is -1.29. The molecule has 0 aliphatic heterocycles. The predicted molar refractivity (Wildman–Crippen MR) is 79.3 cm³/mol. The summed E-state index contributed by atoms with van der Waals surface area (Å²) in [5.74, 6) is 0.746. The monoisotopic (exact) mass is 264 g/mol. The highest BCUT2D eigenvalue weighted by molar-refractivity contribution is 8.13. The zero-order valence-electron chi connectivity index (χ0n) is 11.2. The Balaban J connectivity index is 2.91. The van der Waals surface area contributed by atoms with E-state index in [9.17, 15) is 4.79 Å². The maximum Gasteiger partial charge on any atom is 0.279 e. The summed E-state index contributed by atoms with van der Waals surface area (Å²) >= 11 is 1.61. The lowest BCUT2D eigenvalue weighted by molar-refractivity contribution is 0.100. The normalized spacial score (nSPS) is 11.4. The molecule has 1 aromatic carbocycles. The number of hydrogen-bond acceptors (Lipinski definition) is 2. The second kappa shape index (κ2) is 7.93. The molecule has 0 unspecified atom stereocenters. The molecule has 0 N–H and O–H groups in total. The van der Waals surface area contributed by atoms with Crippen LogP contribution in [0.4, 0.5) is 0 Å². The minimum absolute atomic E-state index is 0.168. The molecule has 0 radical (unpaired) electrons. The summed E-state index contributed by atoms with van der Waals surface area (Å²) < 4.78 is 0. The molecule has 0 aliphatic rings. The highest BCUT2D eigenvalue weighted by Gasteiger charge is 2.11. The van der Waals surface area contributed by atoms with Crippen molar-refractivity contribution >= 4 is 22.8 Å². The molecule has 0 spiro atoms. The maximum absolute atomic E-state index is 12.0. The summed E-state index contributed by atoms with van der Waals surface area (Å²) in [7, 11) is 0. The number of thioether (sulfide) groups is 1. The number of carbonyl (C=O) groups is 1. The van der Waals surface area contributed by atoms with Crippen LogP contribution in [0.5, 0.6) is 0 Å². The predicted octanol–water partition coefficient (Wildman–Crippen LogP) is 3.28. The van der Waals surface area contributed by atoms with Gasteiger partial charge in [0.05, 0.1) is 0 Å². The topological polar surface area (TPSA) is 32.7 Å². The van der Waals surface area contributed by atoms with E-state index in [1.54, 1.807) is 23.9 Å². The average molecular weight is 264 g/mol. The van der Waals surface area contributed by atoms with Gasteiger partial charge in [-0.15, -0.1) is 0 Å². The van der Waals surface area contributed by atoms with Crippen LogP contribution in [0.3, 0.4) is 0 Å². The van der Waals surface area contributed by atoms with Crippen molar-refractivity contribution in [3.63, 3.8) is 0 Å². The summed E-state index contributed by atoms with van der Waals surface area (Å²) in [5, 5.41) is 0.816. The number of rotatable bonds is 4. The Labute approximate surface area is 113 Å². The first-order chi connectivity index (χ1) is 8.72. The minimum atomic E-state index is -0.168. The van der Waals surface area contributed by atoms with E-state index in [4.69, 9.17) is 0 Å². The van der Waals surface area contributed by atoms with Crippen molar-refractivity contribution in [3.8, 4) is 0 Å². The molecule has 0 saturated heterocycles. The van der Waals surface area contributed by atoms with Crippen molar-refractivity contribution < 1.29 is 4.79 Å². The van der Waals surface area contributed by atoms with Crippen LogP contribution < -0.4 is 0 Å². The first-order valence-corrected chi connectivity index (χ1v) is 7.27. The smallest absolute Gasteiger partial charge is 0.279 e. The van der Waals surface area contributed by atoms with Crippen LogP contribution in [0, 0.1) is 0 Å². The molecule has 4 heteroatoms. The first-order valence-electron chi connectivity index (χ1n) is 6.28. The van der Waals surface area contributed by atoms with Gasteiger partial charge in [0.15, 0.2) is 5.17 Å². The standard InChI is InChI=1S/C14H20N2OS/c1-4-16(5-2)14(18-6-3)15-13(17)12-10-8-7-9-11-12/h7-11H,4-6H2,1-3H3. The number of carbonyl (C=O) groups excluding carboxylic acids is 1. The van der Waals surface area contributed by atoms with Crippen LogP contribution in [0.2, 0.25) is 0 Å². The molecule has 0 aromatic heterocycles. The molecule has 18 heavy (non-hydrogen) atoms. The van der Waals surface area contributed by atoms with Crippen molar-refractivity contribution in [3.05, 3.63) is 35.9 Å². The van der Waals surface area contributed by atoms with Gasteiger partial charge in [0.2, 0.25) is 0 Å².